The molecule has 1 unspecified atom stereocenters. The third-order valence-electron chi connectivity index (χ3n) is 6.42. The Kier molecular flexibility index (Phi) is 7.20. The number of nitrogens with zero attached hydrogens (tertiary/aromatic N) is 3. The van der Waals surface area contributed by atoms with Gasteiger partial charge in [0.1, 0.15) is 19.0 Å². The molecule has 8 nitrogen and oxygen atoms in total. The number of halogens is 1. The number of nitrogens with one attached hydrogen (secondary N) is 2. The summed E-state index contributed by atoms with van der Waals surface area (Å²) in [6, 6.07) is 19.1. The van der Waals surface area contributed by atoms with Gasteiger partial charge in [-0.15, -0.1) is 0 Å². The SMILES string of the molecule is COc1cc(C2C(C(=O)Nc3ccc(C)cc3)=C(C)Nc3ncnn32)cc(Br)c1OCc1ccc(C)cc1. The first-order valence-corrected chi connectivity index (χ1v) is 12.9. The molecule has 38 heavy (non-hydrogen) atoms. The van der Waals surface area contributed by atoms with Crippen LogP contribution in [0.25, 0.3) is 0 Å². The lowest BCUT2D eigenvalue weighted by molar-refractivity contribution is -0.113. The molecule has 1 aliphatic heterocycles. The molecule has 0 fully saturated rings. The predicted molar refractivity (Wildman–Crippen MR) is 150 cm³/mol. The summed E-state index contributed by atoms with van der Waals surface area (Å²) in [5.41, 5.74) is 6.07. The van der Waals surface area contributed by atoms with Gasteiger partial charge in [0.2, 0.25) is 5.95 Å². The van der Waals surface area contributed by atoms with Crippen LogP contribution in [0, 0.1) is 13.8 Å². The van der Waals surface area contributed by atoms with Crippen molar-refractivity contribution in [2.75, 3.05) is 17.7 Å². The van der Waals surface area contributed by atoms with Crippen molar-refractivity contribution in [3.63, 3.8) is 0 Å². The van der Waals surface area contributed by atoms with Crippen molar-refractivity contribution in [2.24, 2.45) is 0 Å². The standard InChI is InChI=1S/C29H28BrN5O3/c1-17-5-9-20(10-6-17)15-38-27-23(30)13-21(14-24(27)37-4)26-25(19(3)33-29-31-16-32-35(26)29)28(36)34-22-11-7-18(2)8-12-22/h5-14,16,26H,15H2,1-4H3,(H,34,36)(H,31,32,33). The van der Waals surface area contributed by atoms with Crippen LogP contribution in [0.15, 0.2) is 82.7 Å². The zero-order valence-electron chi connectivity index (χ0n) is 21.6. The number of fused-ring (bicyclic) bond motifs is 1. The zero-order valence-corrected chi connectivity index (χ0v) is 23.2. The first-order valence-electron chi connectivity index (χ1n) is 12.1. The maximum atomic E-state index is 13.6. The number of rotatable bonds is 7. The second kappa shape index (κ2) is 10.7. The highest BCUT2D eigenvalue weighted by molar-refractivity contribution is 9.10. The molecule has 1 aromatic heterocycles. The van der Waals surface area contributed by atoms with E-state index in [9.17, 15) is 4.79 Å². The number of amides is 1. The fourth-order valence-electron chi connectivity index (χ4n) is 4.41. The van der Waals surface area contributed by atoms with Crippen molar-refractivity contribution in [3.05, 3.63) is 105 Å². The van der Waals surface area contributed by atoms with Gasteiger partial charge in [-0.2, -0.15) is 10.1 Å². The Hall–Kier alpha value is -4.11. The van der Waals surface area contributed by atoms with Gasteiger partial charge >= 0.3 is 0 Å². The Labute approximate surface area is 229 Å². The summed E-state index contributed by atoms with van der Waals surface area (Å²) in [5, 5.41) is 10.7. The van der Waals surface area contributed by atoms with E-state index in [0.717, 1.165) is 16.7 Å². The molecule has 2 N–H and O–H groups in total. The van der Waals surface area contributed by atoms with Gasteiger partial charge in [0.15, 0.2) is 11.5 Å². The third-order valence-corrected chi connectivity index (χ3v) is 7.01. The zero-order chi connectivity index (χ0) is 26.8. The molecule has 9 heteroatoms. The Morgan fingerprint density at radius 2 is 1.74 bits per heavy atom. The normalized spacial score (nSPS) is 14.5. The van der Waals surface area contributed by atoms with Crippen LogP contribution >= 0.6 is 15.9 Å². The second-order valence-electron chi connectivity index (χ2n) is 9.22. The predicted octanol–water partition coefficient (Wildman–Crippen LogP) is 6.17. The van der Waals surface area contributed by atoms with Gasteiger partial charge in [0.05, 0.1) is 17.2 Å². The molecule has 1 aliphatic rings. The lowest BCUT2D eigenvalue weighted by Gasteiger charge is -2.29. The Morgan fingerprint density at radius 3 is 2.42 bits per heavy atom. The van der Waals surface area contributed by atoms with E-state index in [1.165, 1.54) is 11.9 Å². The van der Waals surface area contributed by atoms with E-state index in [4.69, 9.17) is 9.47 Å². The minimum atomic E-state index is -0.546. The molecule has 0 saturated carbocycles. The van der Waals surface area contributed by atoms with Crippen LogP contribution < -0.4 is 20.1 Å². The number of carbonyl (C=O) groups excluding carboxylic acids is 1. The van der Waals surface area contributed by atoms with Gasteiger partial charge < -0.3 is 20.1 Å². The van der Waals surface area contributed by atoms with Crippen LogP contribution in [0.4, 0.5) is 11.6 Å². The molecule has 0 saturated heterocycles. The summed E-state index contributed by atoms with van der Waals surface area (Å²) in [6.07, 6.45) is 1.47. The lowest BCUT2D eigenvalue weighted by Crippen LogP contribution is -2.31. The lowest BCUT2D eigenvalue weighted by atomic mass is 9.94. The Morgan fingerprint density at radius 1 is 1.05 bits per heavy atom. The van der Waals surface area contributed by atoms with Gasteiger partial charge in [-0.25, -0.2) is 4.68 Å². The number of aromatic nitrogens is 3. The largest absolute Gasteiger partial charge is 0.493 e. The Bertz CT molecular complexity index is 1510. The van der Waals surface area contributed by atoms with E-state index in [-0.39, 0.29) is 5.91 Å². The van der Waals surface area contributed by atoms with Gasteiger partial charge in [0.25, 0.3) is 5.91 Å². The second-order valence-corrected chi connectivity index (χ2v) is 10.1. The van der Waals surface area contributed by atoms with E-state index >= 15 is 0 Å². The summed E-state index contributed by atoms with van der Waals surface area (Å²) in [5.74, 6) is 1.43. The van der Waals surface area contributed by atoms with Crippen molar-refractivity contribution >= 4 is 33.5 Å². The van der Waals surface area contributed by atoms with E-state index < -0.39 is 6.04 Å². The van der Waals surface area contributed by atoms with Crippen molar-refractivity contribution in [1.29, 1.82) is 0 Å². The quantitative estimate of drug-likeness (QED) is 0.274. The van der Waals surface area contributed by atoms with Gasteiger partial charge in [0, 0.05) is 11.4 Å². The molecule has 0 bridgehead atoms. The van der Waals surface area contributed by atoms with E-state index in [1.54, 1.807) is 11.8 Å². The molecular weight excluding hydrogens is 546 g/mol. The Balaban J connectivity index is 1.50. The number of hydrogen-bond acceptors (Lipinski definition) is 6. The van der Waals surface area contributed by atoms with E-state index in [2.05, 4.69) is 55.7 Å². The van der Waals surface area contributed by atoms with Crippen LogP contribution in [0.1, 0.15) is 35.2 Å². The molecule has 0 spiro atoms. The number of benzene rings is 3. The molecule has 0 radical (unpaired) electrons. The summed E-state index contributed by atoms with van der Waals surface area (Å²) >= 11 is 3.67. The maximum absolute atomic E-state index is 13.6. The smallest absolute Gasteiger partial charge is 0.255 e. The first-order chi connectivity index (χ1) is 18.3. The fraction of sp³-hybridized carbons (Fsp3) is 0.207. The highest BCUT2D eigenvalue weighted by Gasteiger charge is 2.34. The number of aryl methyl sites for hydroxylation is 2. The highest BCUT2D eigenvalue weighted by Crippen LogP contribution is 2.43. The topological polar surface area (TPSA) is 90.3 Å². The van der Waals surface area contributed by atoms with Crippen LogP contribution in [0.2, 0.25) is 0 Å². The molecule has 194 valence electrons. The maximum Gasteiger partial charge on any atom is 0.255 e. The summed E-state index contributed by atoms with van der Waals surface area (Å²) in [7, 11) is 1.60. The van der Waals surface area contributed by atoms with Crippen molar-refractivity contribution in [2.45, 2.75) is 33.4 Å². The van der Waals surface area contributed by atoms with Crippen LogP contribution in [0.5, 0.6) is 11.5 Å². The van der Waals surface area contributed by atoms with Gasteiger partial charge in [-0.1, -0.05) is 47.5 Å². The van der Waals surface area contributed by atoms with Crippen molar-refractivity contribution in [1.82, 2.24) is 14.8 Å². The highest BCUT2D eigenvalue weighted by atomic mass is 79.9. The number of ether oxygens (including phenoxy) is 2. The van der Waals surface area contributed by atoms with E-state index in [1.807, 2.05) is 62.4 Å². The molecule has 1 amide bonds. The molecule has 1 atom stereocenters. The average Bonchev–Trinajstić information content (AvgIpc) is 3.37. The average molecular weight is 574 g/mol. The third kappa shape index (κ3) is 5.15. The molecule has 3 aromatic carbocycles. The van der Waals surface area contributed by atoms with Crippen LogP contribution in [-0.2, 0) is 11.4 Å². The number of methoxy groups -OCH3 is 1. The summed E-state index contributed by atoms with van der Waals surface area (Å²) in [4.78, 5) is 18.0. The van der Waals surface area contributed by atoms with E-state index in [0.29, 0.717) is 45.5 Å². The number of hydrogen-bond donors (Lipinski definition) is 2. The number of anilines is 2. The molecule has 5 rings (SSSR count). The minimum Gasteiger partial charge on any atom is -0.493 e. The molecule has 4 aromatic rings. The van der Waals surface area contributed by atoms with Gasteiger partial charge in [-0.3, -0.25) is 4.79 Å². The first kappa shape index (κ1) is 25.5. The van der Waals surface area contributed by atoms with Crippen molar-refractivity contribution in [3.8, 4) is 11.5 Å². The molecule has 2 heterocycles. The summed E-state index contributed by atoms with van der Waals surface area (Å²) in [6.45, 7) is 6.31. The number of carbonyl (C=O) groups is 1. The van der Waals surface area contributed by atoms with Crippen LogP contribution in [-0.4, -0.2) is 27.8 Å². The molecular formula is C29H28BrN5O3. The molecule has 0 aliphatic carbocycles. The van der Waals surface area contributed by atoms with Crippen molar-refractivity contribution < 1.29 is 14.3 Å². The van der Waals surface area contributed by atoms with Gasteiger partial charge in [-0.05, 0) is 72.1 Å². The monoisotopic (exact) mass is 573 g/mol. The summed E-state index contributed by atoms with van der Waals surface area (Å²) < 4.78 is 14.3. The minimum absolute atomic E-state index is 0.236. The number of allylic oxidation sites excluding steroid dienone is 1. The van der Waals surface area contributed by atoms with Crippen LogP contribution in [0.3, 0.4) is 0 Å². The fourth-order valence-corrected chi connectivity index (χ4v) is 4.98.